The Morgan fingerprint density at radius 1 is 1.00 bits per heavy atom. The van der Waals surface area contributed by atoms with Crippen LogP contribution in [0, 0.1) is 5.92 Å². The van der Waals surface area contributed by atoms with Crippen LogP contribution in [0.4, 0.5) is 0 Å². The molecule has 0 aromatic heterocycles. The van der Waals surface area contributed by atoms with Crippen molar-refractivity contribution in [3.05, 3.63) is 12.2 Å². The van der Waals surface area contributed by atoms with E-state index in [1.807, 2.05) is 0 Å². The highest BCUT2D eigenvalue weighted by Crippen LogP contribution is 2.12. The summed E-state index contributed by atoms with van der Waals surface area (Å²) >= 11 is 0. The Morgan fingerprint density at radius 2 is 1.60 bits per heavy atom. The summed E-state index contributed by atoms with van der Waals surface area (Å²) in [5, 5.41) is 0. The molecule has 0 saturated carbocycles. The molecule has 0 rings (SSSR count). The molecule has 0 aromatic rings. The van der Waals surface area contributed by atoms with Crippen molar-refractivity contribution in [3.63, 3.8) is 0 Å². The van der Waals surface area contributed by atoms with Crippen LogP contribution in [-0.4, -0.2) is 0 Å². The van der Waals surface area contributed by atoms with Crippen molar-refractivity contribution < 1.29 is 0 Å². The lowest BCUT2D eigenvalue weighted by Gasteiger charge is -2.07. The lowest BCUT2D eigenvalue weighted by molar-refractivity contribution is 0.499. The van der Waals surface area contributed by atoms with E-state index in [-0.39, 0.29) is 0 Å². The molecule has 0 saturated heterocycles. The van der Waals surface area contributed by atoms with Gasteiger partial charge in [0.1, 0.15) is 0 Å². The van der Waals surface area contributed by atoms with E-state index >= 15 is 0 Å². The summed E-state index contributed by atoms with van der Waals surface area (Å²) in [6.45, 7) is 6.73. The van der Waals surface area contributed by atoms with Crippen molar-refractivity contribution in [2.45, 2.75) is 46.5 Å². The molecule has 0 bridgehead atoms. The van der Waals surface area contributed by atoms with Crippen molar-refractivity contribution in [1.82, 2.24) is 0 Å². The maximum atomic E-state index is 2.32. The van der Waals surface area contributed by atoms with Gasteiger partial charge in [0, 0.05) is 0 Å². The standard InChI is InChI=1S/C10H20/c1-4-7-8-9-10(5-2)6-3/h7-8,10H,4-6,9H2,1-3H3/b8-7-. The Balaban J connectivity index is 3.34. The van der Waals surface area contributed by atoms with Gasteiger partial charge in [0.05, 0.1) is 0 Å². The number of rotatable bonds is 5. The molecule has 60 valence electrons. The van der Waals surface area contributed by atoms with Gasteiger partial charge in [-0.25, -0.2) is 0 Å². The Labute approximate surface area is 65.3 Å². The molecular formula is C10H20. The Kier molecular flexibility index (Phi) is 6.68. The first-order chi connectivity index (χ1) is 4.85. The third kappa shape index (κ3) is 4.60. The maximum absolute atomic E-state index is 2.32. The van der Waals surface area contributed by atoms with Crippen molar-refractivity contribution in [2.75, 3.05) is 0 Å². The summed E-state index contributed by atoms with van der Waals surface area (Å²) < 4.78 is 0. The van der Waals surface area contributed by atoms with Crippen LogP contribution in [0.15, 0.2) is 12.2 Å². The second-order valence-corrected chi connectivity index (χ2v) is 2.80. The molecule has 0 atom stereocenters. The summed E-state index contributed by atoms with van der Waals surface area (Å²) in [5.41, 5.74) is 0. The molecule has 0 aliphatic heterocycles. The summed E-state index contributed by atoms with van der Waals surface area (Å²) in [7, 11) is 0. The first kappa shape index (κ1) is 9.74. The van der Waals surface area contributed by atoms with E-state index in [0.717, 1.165) is 5.92 Å². The zero-order valence-corrected chi connectivity index (χ0v) is 7.56. The Hall–Kier alpha value is -0.260. The molecule has 10 heavy (non-hydrogen) atoms. The van der Waals surface area contributed by atoms with Gasteiger partial charge in [0.2, 0.25) is 0 Å². The van der Waals surface area contributed by atoms with Gasteiger partial charge in [-0.05, 0) is 18.8 Å². The summed E-state index contributed by atoms with van der Waals surface area (Å²) in [6.07, 6.45) is 9.69. The van der Waals surface area contributed by atoms with E-state index in [2.05, 4.69) is 32.9 Å². The summed E-state index contributed by atoms with van der Waals surface area (Å²) in [4.78, 5) is 0. The van der Waals surface area contributed by atoms with Crippen LogP contribution in [0.5, 0.6) is 0 Å². The smallest absolute Gasteiger partial charge is 0.0322 e. The predicted molar refractivity (Wildman–Crippen MR) is 48.1 cm³/mol. The van der Waals surface area contributed by atoms with Crippen LogP contribution < -0.4 is 0 Å². The van der Waals surface area contributed by atoms with E-state index in [9.17, 15) is 0 Å². The van der Waals surface area contributed by atoms with Gasteiger partial charge in [-0.2, -0.15) is 0 Å². The van der Waals surface area contributed by atoms with Gasteiger partial charge < -0.3 is 0 Å². The topological polar surface area (TPSA) is 0 Å². The Bertz CT molecular complexity index is 78.0. The van der Waals surface area contributed by atoms with Gasteiger partial charge >= 0.3 is 0 Å². The predicted octanol–water partition coefficient (Wildman–Crippen LogP) is 3.78. The molecule has 0 amide bonds. The monoisotopic (exact) mass is 140 g/mol. The zero-order chi connectivity index (χ0) is 7.82. The minimum absolute atomic E-state index is 0.919. The SMILES string of the molecule is CC/C=C\CC(CC)CC. The largest absolute Gasteiger partial charge is 0.0888 e. The quantitative estimate of drug-likeness (QED) is 0.510. The highest BCUT2D eigenvalue weighted by Gasteiger charge is 1.98. The van der Waals surface area contributed by atoms with Gasteiger partial charge in [0.25, 0.3) is 0 Å². The molecule has 0 radical (unpaired) electrons. The average Bonchev–Trinajstić information content (AvgIpc) is 1.99. The minimum atomic E-state index is 0.919. The molecular weight excluding hydrogens is 120 g/mol. The van der Waals surface area contributed by atoms with Crippen LogP contribution in [-0.2, 0) is 0 Å². The van der Waals surface area contributed by atoms with Crippen molar-refractivity contribution in [2.24, 2.45) is 5.92 Å². The zero-order valence-electron chi connectivity index (χ0n) is 7.56. The van der Waals surface area contributed by atoms with Gasteiger partial charge in [0.15, 0.2) is 0 Å². The molecule has 0 aliphatic carbocycles. The van der Waals surface area contributed by atoms with E-state index in [1.54, 1.807) is 0 Å². The number of allylic oxidation sites excluding steroid dienone is 2. The molecule has 0 aromatic carbocycles. The van der Waals surface area contributed by atoms with E-state index < -0.39 is 0 Å². The minimum Gasteiger partial charge on any atom is -0.0888 e. The first-order valence-corrected chi connectivity index (χ1v) is 4.50. The van der Waals surface area contributed by atoms with Crippen LogP contribution in [0.25, 0.3) is 0 Å². The average molecular weight is 140 g/mol. The van der Waals surface area contributed by atoms with Gasteiger partial charge in [-0.1, -0.05) is 45.8 Å². The molecule has 0 heteroatoms. The fourth-order valence-electron chi connectivity index (χ4n) is 1.08. The molecule has 0 fully saturated rings. The highest BCUT2D eigenvalue weighted by atomic mass is 14.0. The first-order valence-electron chi connectivity index (χ1n) is 4.50. The molecule has 0 nitrogen and oxygen atoms in total. The van der Waals surface area contributed by atoms with Crippen molar-refractivity contribution in [3.8, 4) is 0 Å². The van der Waals surface area contributed by atoms with Gasteiger partial charge in [-0.3, -0.25) is 0 Å². The summed E-state index contributed by atoms with van der Waals surface area (Å²) in [6, 6.07) is 0. The second-order valence-electron chi connectivity index (χ2n) is 2.80. The van der Waals surface area contributed by atoms with E-state index in [1.165, 1.54) is 25.7 Å². The lowest BCUT2D eigenvalue weighted by atomic mass is 9.99. The lowest BCUT2D eigenvalue weighted by Crippen LogP contribution is -1.93. The van der Waals surface area contributed by atoms with E-state index in [0.29, 0.717) is 0 Å². The van der Waals surface area contributed by atoms with Gasteiger partial charge in [-0.15, -0.1) is 0 Å². The molecule has 0 N–H and O–H groups in total. The Morgan fingerprint density at radius 3 is 2.00 bits per heavy atom. The summed E-state index contributed by atoms with van der Waals surface area (Å²) in [5.74, 6) is 0.919. The maximum Gasteiger partial charge on any atom is -0.0322 e. The molecule has 0 aliphatic rings. The highest BCUT2D eigenvalue weighted by molar-refractivity contribution is 4.82. The fraction of sp³-hybridized carbons (Fsp3) is 0.800. The third-order valence-corrected chi connectivity index (χ3v) is 2.03. The number of hydrogen-bond acceptors (Lipinski definition) is 0. The third-order valence-electron chi connectivity index (χ3n) is 2.03. The number of hydrogen-bond donors (Lipinski definition) is 0. The van der Waals surface area contributed by atoms with Crippen LogP contribution in [0.3, 0.4) is 0 Å². The fourth-order valence-corrected chi connectivity index (χ4v) is 1.08. The van der Waals surface area contributed by atoms with Crippen LogP contribution >= 0.6 is 0 Å². The normalized spacial score (nSPS) is 11.6. The van der Waals surface area contributed by atoms with Crippen LogP contribution in [0.2, 0.25) is 0 Å². The molecule has 0 heterocycles. The van der Waals surface area contributed by atoms with Crippen molar-refractivity contribution in [1.29, 1.82) is 0 Å². The molecule has 0 spiro atoms. The van der Waals surface area contributed by atoms with Crippen molar-refractivity contribution >= 4 is 0 Å². The van der Waals surface area contributed by atoms with Crippen LogP contribution in [0.1, 0.15) is 46.5 Å². The second kappa shape index (κ2) is 6.85. The molecule has 0 unspecified atom stereocenters. The van der Waals surface area contributed by atoms with E-state index in [4.69, 9.17) is 0 Å².